The molecule has 1 amide bonds. The molecule has 19 heavy (non-hydrogen) atoms. The van der Waals surface area contributed by atoms with Gasteiger partial charge < -0.3 is 11.1 Å². The van der Waals surface area contributed by atoms with Crippen LogP contribution in [0.25, 0.3) is 0 Å². The highest BCUT2D eigenvalue weighted by Crippen LogP contribution is 2.24. The normalized spacial score (nSPS) is 10.3. The molecule has 0 atom stereocenters. The molecule has 0 aliphatic heterocycles. The molecule has 0 saturated heterocycles. The van der Waals surface area contributed by atoms with Gasteiger partial charge in [-0.1, -0.05) is 23.2 Å². The third-order valence-corrected chi connectivity index (χ3v) is 2.89. The van der Waals surface area contributed by atoms with Gasteiger partial charge in [0.2, 0.25) is 0 Å². The van der Waals surface area contributed by atoms with Crippen LogP contribution in [0.3, 0.4) is 0 Å². The zero-order valence-corrected chi connectivity index (χ0v) is 11.1. The minimum atomic E-state index is -0.477. The zero-order valence-electron chi connectivity index (χ0n) is 9.58. The zero-order chi connectivity index (χ0) is 14.0. The van der Waals surface area contributed by atoms with Crippen molar-refractivity contribution in [2.24, 2.45) is 0 Å². The smallest absolute Gasteiger partial charge is 0.255 e. The number of rotatable bonds is 2. The SMILES string of the molecule is Nc1cc(Cl)cc(C(=O)Nc2ccc(F)cc2Cl)c1. The molecule has 0 heterocycles. The van der Waals surface area contributed by atoms with Gasteiger partial charge in [-0.3, -0.25) is 4.79 Å². The second kappa shape index (κ2) is 5.47. The predicted molar refractivity (Wildman–Crippen MR) is 75.2 cm³/mol. The van der Waals surface area contributed by atoms with E-state index in [9.17, 15) is 9.18 Å². The molecule has 3 N–H and O–H groups in total. The summed E-state index contributed by atoms with van der Waals surface area (Å²) in [6.07, 6.45) is 0. The molecule has 6 heteroatoms. The molecule has 0 fully saturated rings. The van der Waals surface area contributed by atoms with Crippen molar-refractivity contribution in [3.05, 3.63) is 57.8 Å². The van der Waals surface area contributed by atoms with E-state index >= 15 is 0 Å². The van der Waals surface area contributed by atoms with Crippen LogP contribution in [0.1, 0.15) is 10.4 Å². The van der Waals surface area contributed by atoms with Gasteiger partial charge in [0.25, 0.3) is 5.91 Å². The number of amides is 1. The Bertz CT molecular complexity index is 626. The largest absolute Gasteiger partial charge is 0.399 e. The number of hydrogen-bond acceptors (Lipinski definition) is 2. The van der Waals surface area contributed by atoms with E-state index in [-0.39, 0.29) is 5.02 Å². The number of nitrogen functional groups attached to an aromatic ring is 1. The van der Waals surface area contributed by atoms with Crippen LogP contribution in [0.4, 0.5) is 15.8 Å². The van der Waals surface area contributed by atoms with Crippen molar-refractivity contribution in [1.82, 2.24) is 0 Å². The molecule has 0 unspecified atom stereocenters. The lowest BCUT2D eigenvalue weighted by Crippen LogP contribution is -2.12. The number of anilines is 2. The number of halogens is 3. The lowest BCUT2D eigenvalue weighted by Gasteiger charge is -2.08. The topological polar surface area (TPSA) is 55.1 Å². The van der Waals surface area contributed by atoms with Gasteiger partial charge in [-0.2, -0.15) is 0 Å². The van der Waals surface area contributed by atoms with Crippen molar-refractivity contribution in [3.8, 4) is 0 Å². The van der Waals surface area contributed by atoms with E-state index in [4.69, 9.17) is 28.9 Å². The van der Waals surface area contributed by atoms with Crippen LogP contribution in [0.2, 0.25) is 10.0 Å². The first-order valence-electron chi connectivity index (χ1n) is 5.28. The standard InChI is InChI=1S/C13H9Cl2FN2O/c14-8-3-7(4-10(17)5-8)13(19)18-12-2-1-9(16)6-11(12)15/h1-6H,17H2,(H,18,19). The monoisotopic (exact) mass is 298 g/mol. The highest BCUT2D eigenvalue weighted by molar-refractivity contribution is 6.34. The van der Waals surface area contributed by atoms with Gasteiger partial charge in [0.1, 0.15) is 5.82 Å². The maximum atomic E-state index is 12.9. The molecule has 0 bridgehead atoms. The fourth-order valence-corrected chi connectivity index (χ4v) is 1.99. The Balaban J connectivity index is 2.25. The van der Waals surface area contributed by atoms with Crippen LogP contribution >= 0.6 is 23.2 Å². The van der Waals surface area contributed by atoms with Gasteiger partial charge in [-0.15, -0.1) is 0 Å². The number of carbonyl (C=O) groups excluding carboxylic acids is 1. The van der Waals surface area contributed by atoms with E-state index in [2.05, 4.69) is 5.32 Å². The first-order chi connectivity index (χ1) is 8.95. The summed E-state index contributed by atoms with van der Waals surface area (Å²) in [6.45, 7) is 0. The highest BCUT2D eigenvalue weighted by atomic mass is 35.5. The Hall–Kier alpha value is -1.78. The average Bonchev–Trinajstić information content (AvgIpc) is 2.31. The number of carbonyl (C=O) groups is 1. The number of benzene rings is 2. The summed E-state index contributed by atoms with van der Waals surface area (Å²) >= 11 is 11.6. The van der Waals surface area contributed by atoms with Crippen molar-refractivity contribution in [3.63, 3.8) is 0 Å². The minimum absolute atomic E-state index is 0.114. The van der Waals surface area contributed by atoms with E-state index in [1.807, 2.05) is 0 Å². The summed E-state index contributed by atoms with van der Waals surface area (Å²) in [6, 6.07) is 8.19. The van der Waals surface area contributed by atoms with Crippen molar-refractivity contribution in [2.45, 2.75) is 0 Å². The first kappa shape index (κ1) is 13.6. The van der Waals surface area contributed by atoms with Crippen LogP contribution in [-0.4, -0.2) is 5.91 Å². The van der Waals surface area contributed by atoms with Crippen LogP contribution in [0, 0.1) is 5.82 Å². The van der Waals surface area contributed by atoms with Crippen molar-refractivity contribution in [1.29, 1.82) is 0 Å². The molecular weight excluding hydrogens is 290 g/mol. The van der Waals surface area contributed by atoms with Gasteiger partial charge in [0.15, 0.2) is 0 Å². The molecule has 2 rings (SSSR count). The summed E-state index contributed by atoms with van der Waals surface area (Å²) in [4.78, 5) is 12.0. The van der Waals surface area contributed by atoms with E-state index < -0.39 is 11.7 Å². The maximum Gasteiger partial charge on any atom is 0.255 e. The van der Waals surface area contributed by atoms with Gasteiger partial charge >= 0.3 is 0 Å². The summed E-state index contributed by atoms with van der Waals surface area (Å²) in [5, 5.41) is 3.03. The lowest BCUT2D eigenvalue weighted by molar-refractivity contribution is 0.102. The molecule has 98 valence electrons. The summed E-state index contributed by atoms with van der Waals surface area (Å²) in [5.41, 5.74) is 6.59. The summed E-state index contributed by atoms with van der Waals surface area (Å²) in [7, 11) is 0. The second-order valence-corrected chi connectivity index (χ2v) is 4.70. The van der Waals surface area contributed by atoms with Gasteiger partial charge in [0.05, 0.1) is 10.7 Å². The predicted octanol–water partition coefficient (Wildman–Crippen LogP) is 3.97. The molecule has 0 spiro atoms. The third kappa shape index (κ3) is 3.36. The van der Waals surface area contributed by atoms with Gasteiger partial charge in [-0.25, -0.2) is 4.39 Å². The van der Waals surface area contributed by atoms with Crippen LogP contribution in [0.15, 0.2) is 36.4 Å². The molecule has 0 radical (unpaired) electrons. The Labute approximate surface area is 119 Å². The molecule has 2 aromatic carbocycles. The quantitative estimate of drug-likeness (QED) is 0.824. The Morgan fingerprint density at radius 1 is 1.16 bits per heavy atom. The van der Waals surface area contributed by atoms with Crippen molar-refractivity contribution < 1.29 is 9.18 Å². The lowest BCUT2D eigenvalue weighted by atomic mass is 10.2. The second-order valence-electron chi connectivity index (χ2n) is 3.85. The van der Waals surface area contributed by atoms with Gasteiger partial charge in [-0.05, 0) is 36.4 Å². The Kier molecular flexibility index (Phi) is 3.93. The summed E-state index contributed by atoms with van der Waals surface area (Å²) in [5.74, 6) is -0.905. The van der Waals surface area contributed by atoms with Crippen LogP contribution in [-0.2, 0) is 0 Å². The number of nitrogens with two attached hydrogens (primary N) is 1. The fraction of sp³-hybridized carbons (Fsp3) is 0. The number of hydrogen-bond donors (Lipinski definition) is 2. The van der Waals surface area contributed by atoms with E-state index in [0.29, 0.717) is 22.0 Å². The first-order valence-corrected chi connectivity index (χ1v) is 6.04. The Morgan fingerprint density at radius 2 is 1.89 bits per heavy atom. The summed E-state index contributed by atoms with van der Waals surface area (Å²) < 4.78 is 12.9. The van der Waals surface area contributed by atoms with Crippen molar-refractivity contribution in [2.75, 3.05) is 11.1 Å². The maximum absolute atomic E-state index is 12.9. The molecule has 2 aromatic rings. The van der Waals surface area contributed by atoms with Crippen LogP contribution < -0.4 is 11.1 Å². The molecule has 0 aromatic heterocycles. The van der Waals surface area contributed by atoms with Gasteiger partial charge in [0, 0.05) is 16.3 Å². The van der Waals surface area contributed by atoms with E-state index in [0.717, 1.165) is 6.07 Å². The van der Waals surface area contributed by atoms with E-state index in [1.54, 1.807) is 0 Å². The van der Waals surface area contributed by atoms with Crippen molar-refractivity contribution >= 4 is 40.5 Å². The average molecular weight is 299 g/mol. The molecule has 0 aliphatic carbocycles. The van der Waals surface area contributed by atoms with Crippen LogP contribution in [0.5, 0.6) is 0 Å². The highest BCUT2D eigenvalue weighted by Gasteiger charge is 2.10. The molecule has 0 aliphatic rings. The third-order valence-electron chi connectivity index (χ3n) is 2.36. The minimum Gasteiger partial charge on any atom is -0.399 e. The fourth-order valence-electron chi connectivity index (χ4n) is 1.53. The van der Waals surface area contributed by atoms with E-state index in [1.165, 1.54) is 30.3 Å². The molecule has 3 nitrogen and oxygen atoms in total. The molecule has 0 saturated carbocycles. The number of nitrogens with one attached hydrogen (secondary N) is 1. The molecular formula is C13H9Cl2FN2O. The Morgan fingerprint density at radius 3 is 2.53 bits per heavy atom.